The standard InChI is InChI=1S/C6H13NO2/c7-3-5(8)6(9)4-1-2-4/h4-6,8-9H,1-3,7H2. The molecule has 3 nitrogen and oxygen atoms in total. The number of aliphatic hydroxyl groups excluding tert-OH is 2. The fourth-order valence-corrected chi connectivity index (χ4v) is 0.891. The molecule has 2 atom stereocenters. The topological polar surface area (TPSA) is 66.5 Å². The van der Waals surface area contributed by atoms with Gasteiger partial charge in [0.25, 0.3) is 0 Å². The molecule has 3 heteroatoms. The number of rotatable bonds is 3. The van der Waals surface area contributed by atoms with Gasteiger partial charge in [0.1, 0.15) is 0 Å². The van der Waals surface area contributed by atoms with Crippen molar-refractivity contribution in [3.63, 3.8) is 0 Å². The highest BCUT2D eigenvalue weighted by atomic mass is 16.3. The van der Waals surface area contributed by atoms with Crippen LogP contribution < -0.4 is 5.73 Å². The van der Waals surface area contributed by atoms with E-state index in [4.69, 9.17) is 15.9 Å². The second-order valence-corrected chi connectivity index (χ2v) is 2.63. The van der Waals surface area contributed by atoms with Crippen molar-refractivity contribution in [2.24, 2.45) is 11.7 Å². The highest BCUT2D eigenvalue weighted by molar-refractivity contribution is 4.85. The van der Waals surface area contributed by atoms with Crippen LogP contribution in [0.4, 0.5) is 0 Å². The van der Waals surface area contributed by atoms with Crippen molar-refractivity contribution >= 4 is 0 Å². The molecule has 1 aliphatic carbocycles. The number of nitrogens with two attached hydrogens (primary N) is 1. The average molecular weight is 131 g/mol. The zero-order valence-electron chi connectivity index (χ0n) is 5.33. The zero-order valence-corrected chi connectivity index (χ0v) is 5.33. The first kappa shape index (κ1) is 6.99. The lowest BCUT2D eigenvalue weighted by Gasteiger charge is -2.13. The monoisotopic (exact) mass is 131 g/mol. The summed E-state index contributed by atoms with van der Waals surface area (Å²) in [7, 11) is 0. The Morgan fingerprint density at radius 1 is 1.44 bits per heavy atom. The molecule has 0 aromatic rings. The third-order valence-electron chi connectivity index (χ3n) is 1.74. The van der Waals surface area contributed by atoms with Gasteiger partial charge in [0.2, 0.25) is 0 Å². The van der Waals surface area contributed by atoms with Crippen LogP contribution in [0.15, 0.2) is 0 Å². The molecule has 1 saturated carbocycles. The molecular weight excluding hydrogens is 118 g/mol. The molecule has 54 valence electrons. The minimum atomic E-state index is -0.711. The van der Waals surface area contributed by atoms with Crippen LogP contribution in [-0.2, 0) is 0 Å². The summed E-state index contributed by atoms with van der Waals surface area (Å²) in [4.78, 5) is 0. The van der Waals surface area contributed by atoms with Crippen LogP contribution in [0, 0.1) is 5.92 Å². The molecule has 0 amide bonds. The molecule has 0 aromatic carbocycles. The summed E-state index contributed by atoms with van der Waals surface area (Å²) >= 11 is 0. The van der Waals surface area contributed by atoms with E-state index in [1.165, 1.54) is 0 Å². The van der Waals surface area contributed by atoms with E-state index in [9.17, 15) is 0 Å². The van der Waals surface area contributed by atoms with Gasteiger partial charge in [0, 0.05) is 6.54 Å². The fourth-order valence-electron chi connectivity index (χ4n) is 0.891. The van der Waals surface area contributed by atoms with E-state index < -0.39 is 12.2 Å². The first-order valence-electron chi connectivity index (χ1n) is 3.32. The summed E-state index contributed by atoms with van der Waals surface area (Å²) in [6.07, 6.45) is 0.795. The van der Waals surface area contributed by atoms with Crippen LogP contribution in [-0.4, -0.2) is 29.0 Å². The SMILES string of the molecule is NCC(O)C(O)C1CC1. The predicted octanol–water partition coefficient (Wildman–Crippen LogP) is -0.923. The number of aliphatic hydroxyl groups is 2. The van der Waals surface area contributed by atoms with Crippen molar-refractivity contribution in [1.29, 1.82) is 0 Å². The molecular formula is C6H13NO2. The Labute approximate surface area is 54.5 Å². The fraction of sp³-hybridized carbons (Fsp3) is 1.00. The molecule has 2 unspecified atom stereocenters. The van der Waals surface area contributed by atoms with E-state index in [1.807, 2.05) is 0 Å². The molecule has 9 heavy (non-hydrogen) atoms. The molecule has 1 rings (SSSR count). The van der Waals surface area contributed by atoms with Gasteiger partial charge in [-0.15, -0.1) is 0 Å². The molecule has 0 bridgehead atoms. The normalized spacial score (nSPS) is 25.7. The third kappa shape index (κ3) is 1.64. The van der Waals surface area contributed by atoms with Gasteiger partial charge >= 0.3 is 0 Å². The van der Waals surface area contributed by atoms with Gasteiger partial charge in [-0.25, -0.2) is 0 Å². The lowest BCUT2D eigenvalue weighted by Crippen LogP contribution is -2.34. The van der Waals surface area contributed by atoms with Gasteiger partial charge in [0.05, 0.1) is 12.2 Å². The van der Waals surface area contributed by atoms with E-state index in [2.05, 4.69) is 0 Å². The smallest absolute Gasteiger partial charge is 0.0923 e. The Balaban J connectivity index is 2.22. The number of hydrogen-bond acceptors (Lipinski definition) is 3. The van der Waals surface area contributed by atoms with Crippen LogP contribution in [0.1, 0.15) is 12.8 Å². The molecule has 0 aliphatic heterocycles. The Morgan fingerprint density at radius 2 is 2.00 bits per heavy atom. The van der Waals surface area contributed by atoms with E-state index in [-0.39, 0.29) is 6.54 Å². The predicted molar refractivity (Wildman–Crippen MR) is 33.8 cm³/mol. The van der Waals surface area contributed by atoms with Crippen molar-refractivity contribution < 1.29 is 10.2 Å². The van der Waals surface area contributed by atoms with Crippen molar-refractivity contribution in [3.05, 3.63) is 0 Å². The van der Waals surface area contributed by atoms with E-state index in [1.54, 1.807) is 0 Å². The first-order valence-corrected chi connectivity index (χ1v) is 3.32. The second-order valence-electron chi connectivity index (χ2n) is 2.63. The number of hydrogen-bond donors (Lipinski definition) is 3. The van der Waals surface area contributed by atoms with Gasteiger partial charge in [0.15, 0.2) is 0 Å². The summed E-state index contributed by atoms with van der Waals surface area (Å²) in [5.41, 5.74) is 5.13. The van der Waals surface area contributed by atoms with E-state index in [0.717, 1.165) is 12.8 Å². The van der Waals surface area contributed by atoms with Crippen molar-refractivity contribution in [2.45, 2.75) is 25.0 Å². The summed E-state index contributed by atoms with van der Waals surface area (Å²) in [6, 6.07) is 0. The molecule has 1 fully saturated rings. The van der Waals surface area contributed by atoms with Gasteiger partial charge in [-0.1, -0.05) is 0 Å². The molecule has 0 spiro atoms. The van der Waals surface area contributed by atoms with Gasteiger partial charge in [-0.2, -0.15) is 0 Å². The Bertz CT molecular complexity index is 93.1. The van der Waals surface area contributed by atoms with Gasteiger partial charge in [-0.3, -0.25) is 0 Å². The summed E-state index contributed by atoms with van der Waals surface area (Å²) < 4.78 is 0. The van der Waals surface area contributed by atoms with Crippen molar-refractivity contribution in [1.82, 2.24) is 0 Å². The molecule has 0 heterocycles. The maximum atomic E-state index is 9.13. The zero-order chi connectivity index (χ0) is 6.85. The minimum Gasteiger partial charge on any atom is -0.390 e. The molecule has 4 N–H and O–H groups in total. The summed E-state index contributed by atoms with van der Waals surface area (Å²) in [6.45, 7) is 0.164. The van der Waals surface area contributed by atoms with Crippen LogP contribution in [0.3, 0.4) is 0 Å². The lowest BCUT2D eigenvalue weighted by atomic mass is 10.1. The van der Waals surface area contributed by atoms with Crippen LogP contribution >= 0.6 is 0 Å². The highest BCUT2D eigenvalue weighted by Gasteiger charge is 2.33. The first-order chi connectivity index (χ1) is 4.25. The van der Waals surface area contributed by atoms with E-state index >= 15 is 0 Å². The molecule has 1 aliphatic rings. The minimum absolute atomic E-state index is 0.164. The molecule has 0 radical (unpaired) electrons. The quantitative estimate of drug-likeness (QED) is 0.464. The summed E-state index contributed by atoms with van der Waals surface area (Å²) in [5, 5.41) is 18.1. The van der Waals surface area contributed by atoms with Crippen molar-refractivity contribution in [2.75, 3.05) is 6.54 Å². The largest absolute Gasteiger partial charge is 0.390 e. The van der Waals surface area contributed by atoms with Crippen LogP contribution in [0.25, 0.3) is 0 Å². The summed E-state index contributed by atoms with van der Waals surface area (Å²) in [5.74, 6) is 0.323. The van der Waals surface area contributed by atoms with Crippen LogP contribution in [0.5, 0.6) is 0 Å². The second kappa shape index (κ2) is 2.64. The molecule has 0 saturated heterocycles. The lowest BCUT2D eigenvalue weighted by molar-refractivity contribution is 0.0118. The third-order valence-corrected chi connectivity index (χ3v) is 1.74. The maximum Gasteiger partial charge on any atom is 0.0923 e. The van der Waals surface area contributed by atoms with E-state index in [0.29, 0.717) is 5.92 Å². The molecule has 0 aromatic heterocycles. The Hall–Kier alpha value is -0.120. The average Bonchev–Trinajstić information content (AvgIpc) is 2.66. The Morgan fingerprint density at radius 3 is 2.33 bits per heavy atom. The maximum absolute atomic E-state index is 9.13. The van der Waals surface area contributed by atoms with Gasteiger partial charge < -0.3 is 15.9 Å². The van der Waals surface area contributed by atoms with Crippen LogP contribution in [0.2, 0.25) is 0 Å². The Kier molecular flexibility index (Phi) is 2.05. The highest BCUT2D eigenvalue weighted by Crippen LogP contribution is 2.33. The van der Waals surface area contributed by atoms with Gasteiger partial charge in [-0.05, 0) is 18.8 Å². The van der Waals surface area contributed by atoms with Crippen molar-refractivity contribution in [3.8, 4) is 0 Å².